The molecule has 20 heavy (non-hydrogen) atoms. The molecule has 112 valence electrons. The molecule has 0 atom stereocenters. The second-order valence-electron chi connectivity index (χ2n) is 4.44. The van der Waals surface area contributed by atoms with E-state index in [0.717, 1.165) is 6.42 Å². The van der Waals surface area contributed by atoms with Gasteiger partial charge in [-0.3, -0.25) is 9.59 Å². The van der Waals surface area contributed by atoms with Crippen LogP contribution in [-0.2, 0) is 14.4 Å². The summed E-state index contributed by atoms with van der Waals surface area (Å²) in [5.41, 5.74) is 0. The minimum absolute atomic E-state index is 0.00830. The highest BCUT2D eigenvalue weighted by Gasteiger charge is 2.07. The van der Waals surface area contributed by atoms with Gasteiger partial charge in [-0.15, -0.1) is 19.7 Å². The number of carbonyl (C=O) groups excluding carboxylic acids is 3. The predicted molar refractivity (Wildman–Crippen MR) is 83.6 cm³/mol. The molecule has 0 aliphatic carbocycles. The monoisotopic (exact) mass is 278 g/mol. The van der Waals surface area contributed by atoms with E-state index in [1.807, 2.05) is 0 Å². The molecule has 3 nitrogen and oxygen atoms in total. The third-order valence-corrected chi connectivity index (χ3v) is 2.35. The zero-order valence-electron chi connectivity index (χ0n) is 12.5. The molecule has 0 bridgehead atoms. The summed E-state index contributed by atoms with van der Waals surface area (Å²) in [6, 6.07) is 0. The smallest absolute Gasteiger partial charge is 0.140 e. The summed E-state index contributed by atoms with van der Waals surface area (Å²) in [5, 5.41) is 0. The normalized spacial score (nSPS) is 8.85. The molecule has 0 aromatic carbocycles. The van der Waals surface area contributed by atoms with E-state index in [0.29, 0.717) is 32.1 Å². The lowest BCUT2D eigenvalue weighted by molar-refractivity contribution is -0.127. The van der Waals surface area contributed by atoms with Crippen molar-refractivity contribution < 1.29 is 14.4 Å². The van der Waals surface area contributed by atoms with Crippen molar-refractivity contribution in [2.75, 3.05) is 0 Å². The maximum atomic E-state index is 11.1. The van der Waals surface area contributed by atoms with Crippen LogP contribution in [0, 0.1) is 0 Å². The molecule has 0 rings (SSSR count). The Morgan fingerprint density at radius 2 is 1.10 bits per heavy atom. The number of hydrogen-bond acceptors (Lipinski definition) is 3. The van der Waals surface area contributed by atoms with E-state index in [1.165, 1.54) is 0 Å². The van der Waals surface area contributed by atoms with Crippen molar-refractivity contribution in [2.45, 2.75) is 51.9 Å². The van der Waals surface area contributed by atoms with Gasteiger partial charge in [0, 0.05) is 19.3 Å². The van der Waals surface area contributed by atoms with E-state index in [1.54, 1.807) is 25.2 Å². The second kappa shape index (κ2) is 15.3. The highest BCUT2D eigenvalue weighted by molar-refractivity contribution is 5.99. The van der Waals surface area contributed by atoms with Crippen LogP contribution in [0.1, 0.15) is 51.9 Å². The van der Waals surface area contributed by atoms with Crippen LogP contribution < -0.4 is 0 Å². The van der Waals surface area contributed by atoms with E-state index in [9.17, 15) is 14.4 Å². The SMILES string of the molecule is C=CCCC(=O)CC(=O)CCC=C.C=CCCC(C)=O. The summed E-state index contributed by atoms with van der Waals surface area (Å²) >= 11 is 0. The summed E-state index contributed by atoms with van der Waals surface area (Å²) in [4.78, 5) is 32.3. The first-order chi connectivity index (χ1) is 9.47. The average molecular weight is 278 g/mol. The summed E-state index contributed by atoms with van der Waals surface area (Å²) in [5.74, 6) is 0.253. The van der Waals surface area contributed by atoms with E-state index < -0.39 is 0 Å². The third-order valence-electron chi connectivity index (χ3n) is 2.35. The maximum absolute atomic E-state index is 11.1. The molecule has 0 radical (unpaired) electrons. The zero-order chi connectivity index (χ0) is 15.8. The van der Waals surface area contributed by atoms with Crippen molar-refractivity contribution in [1.82, 2.24) is 0 Å². The average Bonchev–Trinajstić information content (AvgIpc) is 2.41. The molecule has 0 heterocycles. The Morgan fingerprint density at radius 3 is 1.35 bits per heavy atom. The van der Waals surface area contributed by atoms with Crippen LogP contribution in [0.4, 0.5) is 0 Å². The van der Waals surface area contributed by atoms with Crippen LogP contribution in [0.15, 0.2) is 38.0 Å². The number of Topliss-reactive ketones (excluding diaryl/α,β-unsaturated/α-hetero) is 3. The molecule has 0 unspecified atom stereocenters. The minimum atomic E-state index is 0.00830. The van der Waals surface area contributed by atoms with Gasteiger partial charge in [0.05, 0.1) is 6.42 Å². The van der Waals surface area contributed by atoms with Crippen molar-refractivity contribution in [2.24, 2.45) is 0 Å². The van der Waals surface area contributed by atoms with Crippen molar-refractivity contribution in [1.29, 1.82) is 0 Å². The Balaban J connectivity index is 0. The molecule has 0 aromatic rings. The zero-order valence-corrected chi connectivity index (χ0v) is 12.5. The molecule has 0 spiro atoms. The number of ketones is 3. The van der Waals surface area contributed by atoms with E-state index >= 15 is 0 Å². The third kappa shape index (κ3) is 18.6. The van der Waals surface area contributed by atoms with Gasteiger partial charge >= 0.3 is 0 Å². The largest absolute Gasteiger partial charge is 0.300 e. The second-order valence-corrected chi connectivity index (χ2v) is 4.44. The quantitative estimate of drug-likeness (QED) is 0.424. The Bertz CT molecular complexity index is 318. The van der Waals surface area contributed by atoms with Gasteiger partial charge in [0.25, 0.3) is 0 Å². The van der Waals surface area contributed by atoms with Gasteiger partial charge in [0.1, 0.15) is 17.3 Å². The molecule has 0 saturated heterocycles. The van der Waals surface area contributed by atoms with Crippen LogP contribution in [0.2, 0.25) is 0 Å². The Morgan fingerprint density at radius 1 is 0.750 bits per heavy atom. The van der Waals surface area contributed by atoms with Gasteiger partial charge in [-0.1, -0.05) is 18.2 Å². The Labute approximate surface area is 122 Å². The topological polar surface area (TPSA) is 51.2 Å². The predicted octanol–water partition coefficient (Wildman–Crippen LogP) is 3.99. The lowest BCUT2D eigenvalue weighted by atomic mass is 10.1. The van der Waals surface area contributed by atoms with Crippen molar-refractivity contribution in [3.63, 3.8) is 0 Å². The fourth-order valence-corrected chi connectivity index (χ4v) is 1.23. The molecule has 0 aliphatic heterocycles. The fourth-order valence-electron chi connectivity index (χ4n) is 1.23. The van der Waals surface area contributed by atoms with Gasteiger partial charge in [-0.25, -0.2) is 0 Å². The molecule has 3 heteroatoms. The molecular formula is C17H26O3. The van der Waals surface area contributed by atoms with Gasteiger partial charge in [0.2, 0.25) is 0 Å². The van der Waals surface area contributed by atoms with E-state index in [-0.39, 0.29) is 23.8 Å². The number of rotatable bonds is 11. The molecule has 0 amide bonds. The lowest BCUT2D eigenvalue weighted by Gasteiger charge is -1.97. The summed E-state index contributed by atoms with van der Waals surface area (Å²) in [7, 11) is 0. The molecular weight excluding hydrogens is 252 g/mol. The Kier molecular flexibility index (Phi) is 15.7. The maximum Gasteiger partial charge on any atom is 0.140 e. The van der Waals surface area contributed by atoms with Gasteiger partial charge in [-0.05, 0) is 26.2 Å². The first-order valence-corrected chi connectivity index (χ1v) is 6.83. The van der Waals surface area contributed by atoms with Crippen molar-refractivity contribution >= 4 is 17.3 Å². The summed E-state index contributed by atoms with van der Waals surface area (Å²) in [6.07, 6.45) is 8.84. The first-order valence-electron chi connectivity index (χ1n) is 6.83. The molecule has 0 aromatic heterocycles. The van der Waals surface area contributed by atoms with Crippen LogP contribution in [-0.4, -0.2) is 17.3 Å². The highest BCUT2D eigenvalue weighted by atomic mass is 16.1. The van der Waals surface area contributed by atoms with Gasteiger partial charge < -0.3 is 4.79 Å². The number of hydrogen-bond donors (Lipinski definition) is 0. The van der Waals surface area contributed by atoms with Crippen LogP contribution in [0.25, 0.3) is 0 Å². The van der Waals surface area contributed by atoms with Crippen molar-refractivity contribution in [3.05, 3.63) is 38.0 Å². The van der Waals surface area contributed by atoms with Crippen LogP contribution >= 0.6 is 0 Å². The summed E-state index contributed by atoms with van der Waals surface area (Å²) in [6.45, 7) is 12.1. The Hall–Kier alpha value is -1.77. The molecule has 0 fully saturated rings. The van der Waals surface area contributed by atoms with Crippen molar-refractivity contribution in [3.8, 4) is 0 Å². The highest BCUT2D eigenvalue weighted by Crippen LogP contribution is 2.01. The molecule has 0 saturated carbocycles. The van der Waals surface area contributed by atoms with Gasteiger partial charge in [-0.2, -0.15) is 0 Å². The fraction of sp³-hybridized carbons (Fsp3) is 0.471. The standard InChI is InChI=1S/C11H16O2.C6H10O/c1-3-5-7-10(12)9-11(13)8-6-4-2;1-3-4-5-6(2)7/h3-4H,1-2,5-9H2;3H,1,4-5H2,2H3. The summed E-state index contributed by atoms with van der Waals surface area (Å²) < 4.78 is 0. The number of carbonyl (C=O) groups is 3. The minimum Gasteiger partial charge on any atom is -0.300 e. The lowest BCUT2D eigenvalue weighted by Crippen LogP contribution is -2.06. The molecule has 0 aliphatic rings. The van der Waals surface area contributed by atoms with E-state index in [2.05, 4.69) is 19.7 Å². The van der Waals surface area contributed by atoms with Crippen LogP contribution in [0.5, 0.6) is 0 Å². The van der Waals surface area contributed by atoms with Gasteiger partial charge in [0.15, 0.2) is 0 Å². The number of allylic oxidation sites excluding steroid dienone is 3. The van der Waals surface area contributed by atoms with Crippen LogP contribution in [0.3, 0.4) is 0 Å². The van der Waals surface area contributed by atoms with E-state index in [4.69, 9.17) is 0 Å². The molecule has 0 N–H and O–H groups in total. The first kappa shape index (κ1) is 20.5.